The summed E-state index contributed by atoms with van der Waals surface area (Å²) in [6.45, 7) is 0. The Morgan fingerprint density at radius 1 is 1.24 bits per heavy atom. The van der Waals surface area contributed by atoms with Gasteiger partial charge in [0.15, 0.2) is 5.13 Å². The third-order valence-corrected chi connectivity index (χ3v) is 5.60. The van der Waals surface area contributed by atoms with Crippen molar-refractivity contribution in [3.8, 4) is 17.0 Å². The first-order valence-corrected chi connectivity index (χ1v) is 9.67. The Morgan fingerprint density at radius 3 is 2.72 bits per heavy atom. The molecule has 3 aromatic rings. The molecular weight excluding hydrogens is 376 g/mol. The number of thiazole rings is 1. The van der Waals surface area contributed by atoms with E-state index in [-0.39, 0.29) is 11.7 Å². The first kappa shape index (κ1) is 17.8. The predicted octanol–water partition coefficient (Wildman–Crippen LogP) is 5.20. The first-order valence-electron chi connectivity index (χ1n) is 7.43. The van der Waals surface area contributed by atoms with E-state index in [2.05, 4.69) is 10.3 Å². The number of anilines is 1. The van der Waals surface area contributed by atoms with Crippen LogP contribution in [-0.2, 0) is 4.79 Å². The van der Waals surface area contributed by atoms with Crippen molar-refractivity contribution in [1.82, 2.24) is 4.98 Å². The minimum atomic E-state index is -0.111. The van der Waals surface area contributed by atoms with E-state index in [0.29, 0.717) is 10.2 Å². The van der Waals surface area contributed by atoms with Crippen LogP contribution in [0.3, 0.4) is 0 Å². The normalized spacial score (nSPS) is 10.5. The van der Waals surface area contributed by atoms with Gasteiger partial charge in [-0.1, -0.05) is 23.7 Å². The average Bonchev–Trinajstić information content (AvgIpc) is 3.09. The molecular formula is C18H15ClN2O2S2. The van der Waals surface area contributed by atoms with E-state index in [0.717, 1.165) is 21.9 Å². The lowest BCUT2D eigenvalue weighted by molar-refractivity contribution is -0.113. The fraction of sp³-hybridized carbons (Fsp3) is 0.111. The fourth-order valence-electron chi connectivity index (χ4n) is 2.09. The summed E-state index contributed by atoms with van der Waals surface area (Å²) in [6, 6.07) is 15.1. The Kier molecular flexibility index (Phi) is 5.96. The molecule has 0 saturated heterocycles. The molecule has 0 unspecified atom stereocenters. The van der Waals surface area contributed by atoms with Gasteiger partial charge in [-0.3, -0.25) is 4.79 Å². The molecule has 25 heavy (non-hydrogen) atoms. The first-order chi connectivity index (χ1) is 12.2. The molecule has 0 aliphatic rings. The topological polar surface area (TPSA) is 51.2 Å². The average molecular weight is 391 g/mol. The highest BCUT2D eigenvalue weighted by atomic mass is 35.5. The molecule has 2 aromatic carbocycles. The SMILES string of the molecule is COc1ccc(-c2csc(NC(=O)CSc3ccccc3Cl)n2)cc1. The third kappa shape index (κ3) is 4.75. The molecule has 0 fully saturated rings. The zero-order valence-electron chi connectivity index (χ0n) is 13.4. The smallest absolute Gasteiger partial charge is 0.236 e. The molecule has 0 radical (unpaired) electrons. The molecule has 3 rings (SSSR count). The highest BCUT2D eigenvalue weighted by Gasteiger charge is 2.10. The van der Waals surface area contributed by atoms with Gasteiger partial charge in [-0.05, 0) is 36.4 Å². The second-order valence-electron chi connectivity index (χ2n) is 5.03. The number of thioether (sulfide) groups is 1. The molecule has 0 spiro atoms. The van der Waals surface area contributed by atoms with Crippen LogP contribution in [0.15, 0.2) is 58.8 Å². The van der Waals surface area contributed by atoms with Crippen LogP contribution in [0.4, 0.5) is 5.13 Å². The number of nitrogens with zero attached hydrogens (tertiary/aromatic N) is 1. The van der Waals surface area contributed by atoms with Crippen molar-refractivity contribution in [2.45, 2.75) is 4.90 Å². The summed E-state index contributed by atoms with van der Waals surface area (Å²) in [7, 11) is 1.63. The standard InChI is InChI=1S/C18H15ClN2O2S2/c1-23-13-8-6-12(7-9-13)15-10-25-18(20-15)21-17(22)11-24-16-5-3-2-4-14(16)19/h2-10H,11H2,1H3,(H,20,21,22). The van der Waals surface area contributed by atoms with Crippen LogP contribution in [0.1, 0.15) is 0 Å². The Hall–Kier alpha value is -2.02. The number of carbonyl (C=O) groups excluding carboxylic acids is 1. The second kappa shape index (κ2) is 8.38. The molecule has 1 heterocycles. The van der Waals surface area contributed by atoms with E-state index in [1.54, 1.807) is 7.11 Å². The number of rotatable bonds is 6. The summed E-state index contributed by atoms with van der Waals surface area (Å²) in [5.41, 5.74) is 1.80. The van der Waals surface area contributed by atoms with Gasteiger partial charge in [0.25, 0.3) is 0 Å². The quantitative estimate of drug-likeness (QED) is 0.587. The zero-order chi connectivity index (χ0) is 17.6. The number of amides is 1. The molecule has 4 nitrogen and oxygen atoms in total. The van der Waals surface area contributed by atoms with E-state index in [9.17, 15) is 4.79 Å². The van der Waals surface area contributed by atoms with Crippen LogP contribution >= 0.6 is 34.7 Å². The number of benzene rings is 2. The van der Waals surface area contributed by atoms with Gasteiger partial charge in [0.05, 0.1) is 23.6 Å². The maximum atomic E-state index is 12.1. The van der Waals surface area contributed by atoms with Gasteiger partial charge in [0.1, 0.15) is 5.75 Å². The summed E-state index contributed by atoms with van der Waals surface area (Å²) in [6.07, 6.45) is 0. The number of nitrogens with one attached hydrogen (secondary N) is 1. The van der Waals surface area contributed by atoms with Gasteiger partial charge in [-0.2, -0.15) is 0 Å². The van der Waals surface area contributed by atoms with Crippen LogP contribution < -0.4 is 10.1 Å². The van der Waals surface area contributed by atoms with E-state index < -0.39 is 0 Å². The number of carbonyl (C=O) groups is 1. The van der Waals surface area contributed by atoms with E-state index in [4.69, 9.17) is 16.3 Å². The van der Waals surface area contributed by atoms with Gasteiger partial charge < -0.3 is 10.1 Å². The van der Waals surface area contributed by atoms with E-state index >= 15 is 0 Å². The molecule has 128 valence electrons. The minimum absolute atomic E-state index is 0.111. The van der Waals surface area contributed by atoms with Crippen LogP contribution in [0.5, 0.6) is 5.75 Å². The highest BCUT2D eigenvalue weighted by Crippen LogP contribution is 2.28. The number of aromatic nitrogens is 1. The molecule has 0 aliphatic heterocycles. The molecule has 1 N–H and O–H groups in total. The predicted molar refractivity (Wildman–Crippen MR) is 105 cm³/mol. The van der Waals surface area contributed by atoms with Crippen molar-refractivity contribution in [2.75, 3.05) is 18.2 Å². The van der Waals surface area contributed by atoms with Gasteiger partial charge >= 0.3 is 0 Å². The number of methoxy groups -OCH3 is 1. The number of ether oxygens (including phenoxy) is 1. The number of halogens is 1. The van der Waals surface area contributed by atoms with Gasteiger partial charge in [0.2, 0.25) is 5.91 Å². The number of hydrogen-bond donors (Lipinski definition) is 1. The lowest BCUT2D eigenvalue weighted by Gasteiger charge is -2.04. The van der Waals surface area contributed by atoms with Gasteiger partial charge in [-0.15, -0.1) is 23.1 Å². The molecule has 7 heteroatoms. The van der Waals surface area contributed by atoms with Crippen molar-refractivity contribution in [1.29, 1.82) is 0 Å². The molecule has 0 saturated carbocycles. The summed E-state index contributed by atoms with van der Waals surface area (Å²) in [5, 5.41) is 5.97. The molecule has 1 amide bonds. The monoisotopic (exact) mass is 390 g/mol. The fourth-order valence-corrected chi connectivity index (χ4v) is 3.86. The van der Waals surface area contributed by atoms with Crippen LogP contribution in [0.2, 0.25) is 5.02 Å². The second-order valence-corrected chi connectivity index (χ2v) is 7.32. The van der Waals surface area contributed by atoms with Crippen molar-refractivity contribution >= 4 is 45.7 Å². The minimum Gasteiger partial charge on any atom is -0.497 e. The Labute approximate surface area is 159 Å². The highest BCUT2D eigenvalue weighted by molar-refractivity contribution is 8.00. The van der Waals surface area contributed by atoms with E-state index in [1.807, 2.05) is 53.9 Å². The molecule has 0 aliphatic carbocycles. The molecule has 1 aromatic heterocycles. The third-order valence-electron chi connectivity index (χ3n) is 3.33. The van der Waals surface area contributed by atoms with Crippen LogP contribution in [0, 0.1) is 0 Å². The lowest BCUT2D eigenvalue weighted by Crippen LogP contribution is -2.13. The Bertz CT molecular complexity index is 866. The Morgan fingerprint density at radius 2 is 2.00 bits per heavy atom. The summed E-state index contributed by atoms with van der Waals surface area (Å²) < 4.78 is 5.15. The van der Waals surface area contributed by atoms with Gasteiger partial charge in [0, 0.05) is 15.8 Å². The number of hydrogen-bond acceptors (Lipinski definition) is 5. The van der Waals surface area contributed by atoms with Crippen LogP contribution in [0.25, 0.3) is 11.3 Å². The molecule has 0 bridgehead atoms. The Balaban J connectivity index is 1.59. The van der Waals surface area contributed by atoms with E-state index in [1.165, 1.54) is 23.1 Å². The lowest BCUT2D eigenvalue weighted by atomic mass is 10.2. The van der Waals surface area contributed by atoms with Crippen molar-refractivity contribution in [3.63, 3.8) is 0 Å². The zero-order valence-corrected chi connectivity index (χ0v) is 15.8. The van der Waals surface area contributed by atoms with Crippen molar-refractivity contribution in [2.24, 2.45) is 0 Å². The van der Waals surface area contributed by atoms with Crippen LogP contribution in [-0.4, -0.2) is 23.8 Å². The van der Waals surface area contributed by atoms with Crippen molar-refractivity contribution < 1.29 is 9.53 Å². The summed E-state index contributed by atoms with van der Waals surface area (Å²) in [4.78, 5) is 17.4. The largest absolute Gasteiger partial charge is 0.497 e. The summed E-state index contributed by atoms with van der Waals surface area (Å²) >= 11 is 8.89. The maximum absolute atomic E-state index is 12.1. The summed E-state index contributed by atoms with van der Waals surface area (Å²) in [5.74, 6) is 0.964. The molecule has 0 atom stereocenters. The van der Waals surface area contributed by atoms with Gasteiger partial charge in [-0.25, -0.2) is 4.98 Å². The van der Waals surface area contributed by atoms with Crippen molar-refractivity contribution in [3.05, 3.63) is 58.9 Å². The maximum Gasteiger partial charge on any atom is 0.236 e.